The smallest absolute Gasteiger partial charge is 0.407 e. The minimum absolute atomic E-state index is 0.0448. The van der Waals surface area contributed by atoms with Crippen LogP contribution in [0.1, 0.15) is 39.7 Å². The zero-order valence-electron chi connectivity index (χ0n) is 16.9. The second-order valence-corrected chi connectivity index (χ2v) is 8.34. The molecule has 0 aromatic heterocycles. The number of ether oxygens (including phenoxy) is 2. The molecule has 7 nitrogen and oxygen atoms in total. The van der Waals surface area contributed by atoms with Crippen molar-refractivity contribution in [2.75, 3.05) is 26.2 Å². The molecule has 0 bridgehead atoms. The predicted molar refractivity (Wildman–Crippen MR) is 107 cm³/mol. The standard InChI is InChI=1S/C20H29ClN2O5/c1-5-16-12-22(8-9-23(16)19(25)26)11-14-10-15(21)6-7-17(14)27-13-18(24)28-20(2,3)4/h6-7,10,16H,5,8-9,11-13H2,1-4H3,(H,25,26)/t16-/m0/s1. The Labute approximate surface area is 171 Å². The first-order valence-electron chi connectivity index (χ1n) is 9.44. The Morgan fingerprint density at radius 3 is 2.61 bits per heavy atom. The number of esters is 1. The molecule has 0 spiro atoms. The second-order valence-electron chi connectivity index (χ2n) is 7.90. The van der Waals surface area contributed by atoms with Crippen molar-refractivity contribution in [2.24, 2.45) is 0 Å². The van der Waals surface area contributed by atoms with E-state index in [1.165, 1.54) is 4.90 Å². The quantitative estimate of drug-likeness (QED) is 0.718. The number of carbonyl (C=O) groups is 2. The van der Waals surface area contributed by atoms with Crippen molar-refractivity contribution in [1.29, 1.82) is 0 Å². The first-order valence-corrected chi connectivity index (χ1v) is 9.82. The minimum atomic E-state index is -0.879. The number of carbonyl (C=O) groups excluding carboxylic acids is 1. The van der Waals surface area contributed by atoms with Gasteiger partial charge in [-0.25, -0.2) is 9.59 Å². The Balaban J connectivity index is 2.04. The van der Waals surface area contributed by atoms with E-state index in [1.54, 1.807) is 32.9 Å². The summed E-state index contributed by atoms with van der Waals surface area (Å²) < 4.78 is 11.0. The molecule has 8 heteroatoms. The summed E-state index contributed by atoms with van der Waals surface area (Å²) in [6, 6.07) is 5.23. The van der Waals surface area contributed by atoms with E-state index in [4.69, 9.17) is 21.1 Å². The maximum atomic E-state index is 11.9. The lowest BCUT2D eigenvalue weighted by Crippen LogP contribution is -2.54. The number of carboxylic acid groups (broad SMARTS) is 1. The van der Waals surface area contributed by atoms with Crippen LogP contribution in [0.5, 0.6) is 5.75 Å². The number of halogens is 1. The van der Waals surface area contributed by atoms with Crippen LogP contribution < -0.4 is 4.74 Å². The Morgan fingerprint density at radius 2 is 2.00 bits per heavy atom. The highest BCUT2D eigenvalue weighted by molar-refractivity contribution is 6.30. The van der Waals surface area contributed by atoms with Crippen molar-refractivity contribution in [2.45, 2.75) is 52.3 Å². The number of nitrogens with zero attached hydrogens (tertiary/aromatic N) is 2. The molecule has 1 saturated heterocycles. The van der Waals surface area contributed by atoms with E-state index in [1.807, 2.05) is 13.0 Å². The molecule has 1 aromatic carbocycles. The number of benzene rings is 1. The largest absolute Gasteiger partial charge is 0.482 e. The average molecular weight is 413 g/mol. The van der Waals surface area contributed by atoms with Crippen LogP contribution in [-0.4, -0.2) is 64.9 Å². The van der Waals surface area contributed by atoms with E-state index in [0.29, 0.717) is 37.0 Å². The van der Waals surface area contributed by atoms with E-state index in [9.17, 15) is 14.7 Å². The summed E-state index contributed by atoms with van der Waals surface area (Å²) in [6.07, 6.45) is -0.129. The van der Waals surface area contributed by atoms with E-state index < -0.39 is 17.7 Å². The Bertz CT molecular complexity index is 704. The first-order chi connectivity index (χ1) is 13.1. The van der Waals surface area contributed by atoms with Crippen LogP contribution in [0.3, 0.4) is 0 Å². The number of hydrogen-bond acceptors (Lipinski definition) is 5. The lowest BCUT2D eigenvalue weighted by Gasteiger charge is -2.39. The SMILES string of the molecule is CC[C@H]1CN(Cc2cc(Cl)ccc2OCC(=O)OC(C)(C)C)CCN1C(=O)O. The Kier molecular flexibility index (Phi) is 7.55. The number of rotatable bonds is 6. The maximum absolute atomic E-state index is 11.9. The number of amides is 1. The van der Waals surface area contributed by atoms with Gasteiger partial charge in [-0.1, -0.05) is 18.5 Å². The normalized spacial score (nSPS) is 18.0. The third kappa shape index (κ3) is 6.56. The van der Waals surface area contributed by atoms with Crippen LogP contribution >= 0.6 is 11.6 Å². The van der Waals surface area contributed by atoms with Crippen molar-refractivity contribution in [3.05, 3.63) is 28.8 Å². The Hall–Kier alpha value is -1.99. The highest BCUT2D eigenvalue weighted by Crippen LogP contribution is 2.26. The van der Waals surface area contributed by atoms with E-state index in [2.05, 4.69) is 4.90 Å². The summed E-state index contributed by atoms with van der Waals surface area (Å²) in [5.74, 6) is 0.137. The molecular formula is C20H29ClN2O5. The molecule has 1 N–H and O–H groups in total. The van der Waals surface area contributed by atoms with Crippen LogP contribution in [0.4, 0.5) is 4.79 Å². The molecule has 1 aliphatic rings. The van der Waals surface area contributed by atoms with Gasteiger partial charge in [-0.05, 0) is 45.4 Å². The van der Waals surface area contributed by atoms with Gasteiger partial charge in [0, 0.05) is 42.8 Å². The van der Waals surface area contributed by atoms with Crippen LogP contribution in [0.15, 0.2) is 18.2 Å². The fraction of sp³-hybridized carbons (Fsp3) is 0.600. The van der Waals surface area contributed by atoms with Gasteiger partial charge in [-0.3, -0.25) is 4.90 Å². The molecule has 156 valence electrons. The number of piperazine rings is 1. The van der Waals surface area contributed by atoms with Crippen LogP contribution in [0.2, 0.25) is 5.02 Å². The summed E-state index contributed by atoms with van der Waals surface area (Å²) in [7, 11) is 0. The highest BCUT2D eigenvalue weighted by atomic mass is 35.5. The minimum Gasteiger partial charge on any atom is -0.482 e. The van der Waals surface area contributed by atoms with Gasteiger partial charge in [0.25, 0.3) is 0 Å². The molecule has 0 unspecified atom stereocenters. The van der Waals surface area contributed by atoms with Crippen molar-refractivity contribution < 1.29 is 24.2 Å². The molecule has 1 atom stereocenters. The van der Waals surface area contributed by atoms with Gasteiger partial charge in [-0.15, -0.1) is 0 Å². The zero-order chi connectivity index (χ0) is 20.9. The van der Waals surface area contributed by atoms with Crippen LogP contribution in [0, 0.1) is 0 Å². The van der Waals surface area contributed by atoms with Gasteiger partial charge in [-0.2, -0.15) is 0 Å². The average Bonchev–Trinajstić information content (AvgIpc) is 2.59. The van der Waals surface area contributed by atoms with E-state index in [-0.39, 0.29) is 12.6 Å². The molecule has 1 aliphatic heterocycles. The summed E-state index contributed by atoms with van der Waals surface area (Å²) in [6.45, 7) is 9.51. The van der Waals surface area contributed by atoms with Crippen molar-refractivity contribution >= 4 is 23.7 Å². The molecule has 1 heterocycles. The van der Waals surface area contributed by atoms with Crippen LogP contribution in [0.25, 0.3) is 0 Å². The predicted octanol–water partition coefficient (Wildman–Crippen LogP) is 3.63. The summed E-state index contributed by atoms with van der Waals surface area (Å²) in [4.78, 5) is 27.0. The van der Waals surface area contributed by atoms with Gasteiger partial charge < -0.3 is 19.5 Å². The van der Waals surface area contributed by atoms with Gasteiger partial charge in [0.2, 0.25) is 0 Å². The topological polar surface area (TPSA) is 79.3 Å². The van der Waals surface area contributed by atoms with Gasteiger partial charge in [0.15, 0.2) is 6.61 Å². The number of hydrogen-bond donors (Lipinski definition) is 1. The fourth-order valence-corrected chi connectivity index (χ4v) is 3.42. The highest BCUT2D eigenvalue weighted by Gasteiger charge is 2.29. The van der Waals surface area contributed by atoms with Crippen molar-refractivity contribution in [3.63, 3.8) is 0 Å². The zero-order valence-corrected chi connectivity index (χ0v) is 17.7. The summed E-state index contributed by atoms with van der Waals surface area (Å²) in [5.41, 5.74) is 0.289. The molecule has 1 aromatic rings. The first kappa shape index (κ1) is 22.3. The summed E-state index contributed by atoms with van der Waals surface area (Å²) >= 11 is 6.15. The molecule has 0 saturated carbocycles. The van der Waals surface area contributed by atoms with E-state index in [0.717, 1.165) is 12.0 Å². The molecule has 0 aliphatic carbocycles. The maximum Gasteiger partial charge on any atom is 0.407 e. The Morgan fingerprint density at radius 1 is 1.29 bits per heavy atom. The third-order valence-electron chi connectivity index (χ3n) is 4.47. The van der Waals surface area contributed by atoms with Crippen molar-refractivity contribution in [1.82, 2.24) is 9.80 Å². The third-order valence-corrected chi connectivity index (χ3v) is 4.70. The van der Waals surface area contributed by atoms with Gasteiger partial charge in [0.05, 0.1) is 0 Å². The lowest BCUT2D eigenvalue weighted by atomic mass is 10.1. The molecule has 2 rings (SSSR count). The molecule has 28 heavy (non-hydrogen) atoms. The van der Waals surface area contributed by atoms with Crippen molar-refractivity contribution in [3.8, 4) is 5.75 Å². The summed E-state index contributed by atoms with van der Waals surface area (Å²) in [5, 5.41) is 9.90. The van der Waals surface area contributed by atoms with E-state index >= 15 is 0 Å². The fourth-order valence-electron chi connectivity index (χ4n) is 3.23. The van der Waals surface area contributed by atoms with Crippen LogP contribution in [-0.2, 0) is 16.1 Å². The lowest BCUT2D eigenvalue weighted by molar-refractivity contribution is -0.157. The second kappa shape index (κ2) is 9.47. The van der Waals surface area contributed by atoms with Gasteiger partial charge in [0.1, 0.15) is 11.4 Å². The molecule has 1 amide bonds. The molecule has 0 radical (unpaired) electrons. The molecule has 1 fully saturated rings. The van der Waals surface area contributed by atoms with Gasteiger partial charge >= 0.3 is 12.1 Å². The monoisotopic (exact) mass is 412 g/mol. The molecular weight excluding hydrogens is 384 g/mol.